The lowest BCUT2D eigenvalue weighted by Crippen LogP contribution is -2.08. The Kier molecular flexibility index (Phi) is 4.85. The molecule has 0 aromatic heterocycles. The molecule has 110 valence electrons. The summed E-state index contributed by atoms with van der Waals surface area (Å²) in [6.07, 6.45) is 0. The zero-order valence-corrected chi connectivity index (χ0v) is 13.4. The first-order valence-electron chi connectivity index (χ1n) is 6.13. The minimum Gasteiger partial charge on any atom is -0.478 e. The Bertz CT molecular complexity index is 693. The fourth-order valence-electron chi connectivity index (χ4n) is 1.89. The summed E-state index contributed by atoms with van der Waals surface area (Å²) in [7, 11) is 0. The highest BCUT2D eigenvalue weighted by Gasteiger charge is 2.12. The quantitative estimate of drug-likeness (QED) is 0.784. The number of benzene rings is 2. The molecule has 0 aliphatic carbocycles. The van der Waals surface area contributed by atoms with Crippen LogP contribution in [0.1, 0.15) is 28.9 Å². The van der Waals surface area contributed by atoms with E-state index in [1.807, 2.05) is 6.92 Å². The first-order chi connectivity index (χ1) is 9.88. The predicted octanol–water partition coefficient (Wildman–Crippen LogP) is 5.11. The van der Waals surface area contributed by atoms with Gasteiger partial charge in [-0.3, -0.25) is 0 Å². The lowest BCUT2D eigenvalue weighted by Gasteiger charge is -2.17. The summed E-state index contributed by atoms with van der Waals surface area (Å²) >= 11 is 8.97. The third-order valence-electron chi connectivity index (χ3n) is 3.02. The summed E-state index contributed by atoms with van der Waals surface area (Å²) in [4.78, 5) is 11.1. The minimum atomic E-state index is -1.08. The fraction of sp³-hybridized carbons (Fsp3) is 0.133. The average Bonchev–Trinajstić information content (AvgIpc) is 2.43. The van der Waals surface area contributed by atoms with Gasteiger partial charge in [-0.05, 0) is 58.7 Å². The summed E-state index contributed by atoms with van der Waals surface area (Å²) in [5.41, 5.74) is 1.54. The van der Waals surface area contributed by atoms with Crippen LogP contribution < -0.4 is 5.32 Å². The third kappa shape index (κ3) is 3.74. The van der Waals surface area contributed by atoms with E-state index in [-0.39, 0.29) is 22.4 Å². The highest BCUT2D eigenvalue weighted by Crippen LogP contribution is 2.26. The Labute approximate surface area is 134 Å². The van der Waals surface area contributed by atoms with E-state index in [0.29, 0.717) is 10.2 Å². The van der Waals surface area contributed by atoms with Crippen molar-refractivity contribution in [2.45, 2.75) is 13.0 Å². The van der Waals surface area contributed by atoms with Gasteiger partial charge in [0, 0.05) is 11.7 Å². The maximum atomic E-state index is 13.2. The van der Waals surface area contributed by atoms with Gasteiger partial charge in [0.2, 0.25) is 0 Å². The maximum Gasteiger partial charge on any atom is 0.337 e. The summed E-state index contributed by atoms with van der Waals surface area (Å²) in [5.74, 6) is -1.41. The fourth-order valence-corrected chi connectivity index (χ4v) is 2.49. The molecular formula is C15H12BrClFNO2. The normalized spacial score (nSPS) is 12.0. The van der Waals surface area contributed by atoms with Crippen molar-refractivity contribution in [2.75, 3.05) is 5.32 Å². The Morgan fingerprint density at radius 2 is 2.05 bits per heavy atom. The molecular weight excluding hydrogens is 361 g/mol. The first-order valence-corrected chi connectivity index (χ1v) is 7.30. The molecule has 2 aromatic carbocycles. The van der Waals surface area contributed by atoms with Crippen molar-refractivity contribution in [3.63, 3.8) is 0 Å². The van der Waals surface area contributed by atoms with E-state index in [9.17, 15) is 9.18 Å². The maximum absolute atomic E-state index is 13.2. The topological polar surface area (TPSA) is 49.3 Å². The van der Waals surface area contributed by atoms with Gasteiger partial charge in [0.25, 0.3) is 0 Å². The molecule has 0 heterocycles. The molecule has 0 spiro atoms. The van der Waals surface area contributed by atoms with E-state index in [0.717, 1.165) is 5.56 Å². The van der Waals surface area contributed by atoms with E-state index >= 15 is 0 Å². The van der Waals surface area contributed by atoms with Crippen molar-refractivity contribution in [3.05, 3.63) is 62.8 Å². The molecule has 0 amide bonds. The Hall–Kier alpha value is -1.59. The van der Waals surface area contributed by atoms with E-state index in [4.69, 9.17) is 16.7 Å². The number of rotatable bonds is 4. The van der Waals surface area contributed by atoms with E-state index in [1.165, 1.54) is 18.2 Å². The van der Waals surface area contributed by atoms with Gasteiger partial charge >= 0.3 is 5.97 Å². The van der Waals surface area contributed by atoms with Crippen molar-refractivity contribution in [3.8, 4) is 0 Å². The van der Waals surface area contributed by atoms with Crippen LogP contribution in [0, 0.1) is 5.82 Å². The molecule has 0 aliphatic rings. The van der Waals surface area contributed by atoms with E-state index in [2.05, 4.69) is 21.2 Å². The summed E-state index contributed by atoms with van der Waals surface area (Å²) < 4.78 is 13.6. The molecule has 0 fully saturated rings. The molecule has 1 atom stereocenters. The van der Waals surface area contributed by atoms with Crippen LogP contribution in [0.3, 0.4) is 0 Å². The second-order valence-electron chi connectivity index (χ2n) is 4.54. The summed E-state index contributed by atoms with van der Waals surface area (Å²) in [6.45, 7) is 1.90. The molecule has 2 N–H and O–H groups in total. The van der Waals surface area contributed by atoms with Crippen LogP contribution in [-0.4, -0.2) is 11.1 Å². The average molecular weight is 373 g/mol. The molecule has 0 saturated heterocycles. The smallest absolute Gasteiger partial charge is 0.337 e. The van der Waals surface area contributed by atoms with Gasteiger partial charge in [-0.2, -0.15) is 0 Å². The summed E-state index contributed by atoms with van der Waals surface area (Å²) in [6, 6.07) is 9.31. The highest BCUT2D eigenvalue weighted by molar-refractivity contribution is 9.10. The van der Waals surface area contributed by atoms with Crippen LogP contribution in [-0.2, 0) is 0 Å². The van der Waals surface area contributed by atoms with E-state index < -0.39 is 5.97 Å². The van der Waals surface area contributed by atoms with Crippen LogP contribution in [0.25, 0.3) is 0 Å². The predicted molar refractivity (Wildman–Crippen MR) is 84.5 cm³/mol. The third-order valence-corrected chi connectivity index (χ3v) is 3.96. The van der Waals surface area contributed by atoms with Gasteiger partial charge in [0.05, 0.1) is 15.1 Å². The van der Waals surface area contributed by atoms with Gasteiger partial charge in [0.15, 0.2) is 0 Å². The lowest BCUT2D eigenvalue weighted by atomic mass is 10.1. The van der Waals surface area contributed by atoms with Crippen LogP contribution in [0.2, 0.25) is 5.02 Å². The van der Waals surface area contributed by atoms with Crippen LogP contribution >= 0.6 is 27.5 Å². The molecule has 0 aliphatic heterocycles. The van der Waals surface area contributed by atoms with Gasteiger partial charge in [-0.25, -0.2) is 9.18 Å². The SMILES string of the molecule is CC(Nc1ccc(Cl)c(C(=O)O)c1)c1ccc(F)c(Br)c1. The highest BCUT2D eigenvalue weighted by atomic mass is 79.9. The van der Waals surface area contributed by atoms with Crippen molar-refractivity contribution in [1.29, 1.82) is 0 Å². The Morgan fingerprint density at radius 1 is 1.33 bits per heavy atom. The van der Waals surface area contributed by atoms with Crippen molar-refractivity contribution >= 4 is 39.2 Å². The van der Waals surface area contributed by atoms with Crippen LogP contribution in [0.15, 0.2) is 40.9 Å². The van der Waals surface area contributed by atoms with Crippen LogP contribution in [0.5, 0.6) is 0 Å². The van der Waals surface area contributed by atoms with Gasteiger partial charge in [0.1, 0.15) is 5.82 Å². The molecule has 0 saturated carbocycles. The Balaban J connectivity index is 2.23. The second-order valence-corrected chi connectivity index (χ2v) is 5.80. The number of anilines is 1. The number of aromatic carboxylic acids is 1. The number of carboxylic acids is 1. The van der Waals surface area contributed by atoms with Gasteiger partial charge in [-0.1, -0.05) is 17.7 Å². The minimum absolute atomic E-state index is 0.0363. The van der Waals surface area contributed by atoms with Crippen LogP contribution in [0.4, 0.5) is 10.1 Å². The van der Waals surface area contributed by atoms with Crippen molar-refractivity contribution in [1.82, 2.24) is 0 Å². The lowest BCUT2D eigenvalue weighted by molar-refractivity contribution is 0.0697. The second kappa shape index (κ2) is 6.45. The molecule has 2 aromatic rings. The number of hydrogen-bond donors (Lipinski definition) is 2. The zero-order valence-electron chi connectivity index (χ0n) is 11.0. The monoisotopic (exact) mass is 371 g/mol. The zero-order chi connectivity index (χ0) is 15.6. The van der Waals surface area contributed by atoms with Crippen molar-refractivity contribution in [2.24, 2.45) is 0 Å². The largest absolute Gasteiger partial charge is 0.478 e. The molecule has 3 nitrogen and oxygen atoms in total. The molecule has 2 rings (SSSR count). The molecule has 0 bridgehead atoms. The molecule has 6 heteroatoms. The van der Waals surface area contributed by atoms with Gasteiger partial charge < -0.3 is 10.4 Å². The Morgan fingerprint density at radius 3 is 2.67 bits per heavy atom. The standard InChI is InChI=1S/C15H12BrClFNO2/c1-8(9-2-5-14(18)12(16)6-9)19-10-3-4-13(17)11(7-10)15(20)21/h2-8,19H,1H3,(H,20,21). The van der Waals surface area contributed by atoms with E-state index in [1.54, 1.807) is 18.2 Å². The molecule has 1 unspecified atom stereocenters. The first kappa shape index (κ1) is 15.8. The van der Waals surface area contributed by atoms with Crippen molar-refractivity contribution < 1.29 is 14.3 Å². The molecule has 0 radical (unpaired) electrons. The number of carbonyl (C=O) groups is 1. The summed E-state index contributed by atoms with van der Waals surface area (Å²) in [5, 5.41) is 12.4. The molecule has 21 heavy (non-hydrogen) atoms. The number of halogens is 3. The van der Waals surface area contributed by atoms with Gasteiger partial charge in [-0.15, -0.1) is 0 Å². The number of hydrogen-bond acceptors (Lipinski definition) is 2. The number of nitrogens with one attached hydrogen (secondary N) is 1. The number of carboxylic acid groups (broad SMARTS) is 1.